The number of hydrogen-bond donors (Lipinski definition) is 2. The number of Topliss-reactive ketones (excluding diaryl/α,β-unsaturated/α-hetero) is 2. The van der Waals surface area contributed by atoms with E-state index in [0.717, 1.165) is 83.5 Å². The van der Waals surface area contributed by atoms with Gasteiger partial charge in [-0.05, 0) is 44.5 Å². The van der Waals surface area contributed by atoms with Crippen LogP contribution in [0.5, 0.6) is 0 Å². The number of nitrogens with one attached hydrogen (secondary N) is 2. The Balaban J connectivity index is 1.22. The zero-order valence-electron chi connectivity index (χ0n) is 21.4. The van der Waals surface area contributed by atoms with Gasteiger partial charge < -0.3 is 15.4 Å². The number of pyridine rings is 1. The molecule has 0 spiro atoms. The van der Waals surface area contributed by atoms with Gasteiger partial charge in [0.25, 0.3) is 0 Å². The van der Waals surface area contributed by atoms with Crippen LogP contribution in [-0.2, 0) is 24.3 Å². The average molecular weight is 524 g/mol. The van der Waals surface area contributed by atoms with Crippen molar-refractivity contribution in [1.82, 2.24) is 19.5 Å². The van der Waals surface area contributed by atoms with E-state index in [9.17, 15) is 18.0 Å². The van der Waals surface area contributed by atoms with Crippen molar-refractivity contribution in [2.75, 3.05) is 64.1 Å². The van der Waals surface area contributed by atoms with E-state index in [1.807, 2.05) is 0 Å². The topological polar surface area (TPSA) is 121 Å². The van der Waals surface area contributed by atoms with Gasteiger partial charge in [0.15, 0.2) is 0 Å². The molecule has 11 heteroatoms. The minimum Gasteiger partial charge on any atom is -0.379 e. The van der Waals surface area contributed by atoms with Gasteiger partial charge in [0.2, 0.25) is 21.6 Å². The van der Waals surface area contributed by atoms with Gasteiger partial charge in [0.1, 0.15) is 12.1 Å². The number of carbonyl (C=O) groups is 2. The van der Waals surface area contributed by atoms with Crippen LogP contribution in [0.15, 0.2) is 24.5 Å². The predicted octanol–water partition coefficient (Wildman–Crippen LogP) is 1.30. The number of rotatable bonds is 17. The van der Waals surface area contributed by atoms with Crippen molar-refractivity contribution < 1.29 is 22.7 Å². The Morgan fingerprint density at radius 2 is 1.56 bits per heavy atom. The van der Waals surface area contributed by atoms with Crippen molar-refractivity contribution in [2.45, 2.75) is 57.0 Å². The standard InChI is InChI=1S/C25H41N5O5S/c1-36(33,34)30(16-8-14-29-17-19-35-20-18-29)15-7-5-3-2-4-6-11-27-22-23(25(32)24(22)31)28-21-9-12-26-13-10-21/h9-10,12-13,22-23,27H,2-8,11,14-20H2,1H3,(H,26,28). The fraction of sp³-hybridized carbons (Fsp3) is 0.720. The van der Waals surface area contributed by atoms with Crippen LogP contribution in [-0.4, -0.2) is 105 Å². The van der Waals surface area contributed by atoms with Gasteiger partial charge in [-0.2, -0.15) is 0 Å². The van der Waals surface area contributed by atoms with Crippen LogP contribution in [0.4, 0.5) is 5.69 Å². The number of aromatic nitrogens is 1. The molecule has 1 aromatic heterocycles. The summed E-state index contributed by atoms with van der Waals surface area (Å²) in [7, 11) is -3.19. The molecule has 1 saturated heterocycles. The number of morpholine rings is 1. The number of nitrogens with zero attached hydrogens (tertiary/aromatic N) is 3. The molecule has 0 aromatic carbocycles. The number of anilines is 1. The second kappa shape index (κ2) is 14.7. The lowest BCUT2D eigenvalue weighted by molar-refractivity contribution is -0.145. The lowest BCUT2D eigenvalue weighted by atomic mass is 9.82. The second-order valence-corrected chi connectivity index (χ2v) is 11.6. The maximum atomic E-state index is 12.1. The SMILES string of the molecule is CS(=O)(=O)N(CCCCCCCCNC1C(=O)C(=O)C1Nc1ccncc1)CCCN1CCOCC1. The van der Waals surface area contributed by atoms with Crippen LogP contribution in [0.2, 0.25) is 0 Å². The second-order valence-electron chi connectivity index (χ2n) is 9.61. The van der Waals surface area contributed by atoms with Crippen molar-refractivity contribution in [3.05, 3.63) is 24.5 Å². The first kappa shape index (κ1) is 28.6. The third-order valence-electron chi connectivity index (χ3n) is 6.80. The molecular formula is C25H41N5O5S. The number of ketones is 2. The van der Waals surface area contributed by atoms with E-state index in [0.29, 0.717) is 19.6 Å². The molecule has 2 N–H and O–H groups in total. The molecule has 1 aromatic rings. The van der Waals surface area contributed by atoms with Crippen molar-refractivity contribution in [3.8, 4) is 0 Å². The summed E-state index contributed by atoms with van der Waals surface area (Å²) in [6.07, 6.45) is 11.4. The fourth-order valence-electron chi connectivity index (χ4n) is 4.62. The smallest absolute Gasteiger partial charge is 0.224 e. The molecule has 0 radical (unpaired) electrons. The maximum Gasteiger partial charge on any atom is 0.224 e. The maximum absolute atomic E-state index is 12.1. The molecule has 2 aliphatic rings. The molecule has 0 bridgehead atoms. The normalized spacial score (nSPS) is 21.1. The van der Waals surface area contributed by atoms with Crippen LogP contribution in [0.1, 0.15) is 44.9 Å². The van der Waals surface area contributed by atoms with Crippen molar-refractivity contribution in [1.29, 1.82) is 0 Å². The highest BCUT2D eigenvalue weighted by Crippen LogP contribution is 2.18. The molecule has 10 nitrogen and oxygen atoms in total. The third kappa shape index (κ3) is 9.19. The Morgan fingerprint density at radius 1 is 0.944 bits per heavy atom. The molecule has 2 fully saturated rings. The highest BCUT2D eigenvalue weighted by molar-refractivity contribution is 7.88. The van der Waals surface area contributed by atoms with E-state index < -0.39 is 22.1 Å². The summed E-state index contributed by atoms with van der Waals surface area (Å²) >= 11 is 0. The van der Waals surface area contributed by atoms with E-state index in [1.54, 1.807) is 28.8 Å². The van der Waals surface area contributed by atoms with Gasteiger partial charge in [-0.15, -0.1) is 0 Å². The van der Waals surface area contributed by atoms with E-state index >= 15 is 0 Å². The minimum absolute atomic E-state index is 0.359. The van der Waals surface area contributed by atoms with Gasteiger partial charge in [-0.1, -0.05) is 25.7 Å². The van der Waals surface area contributed by atoms with Crippen molar-refractivity contribution in [2.24, 2.45) is 0 Å². The lowest BCUT2D eigenvalue weighted by Crippen LogP contribution is -2.67. The average Bonchev–Trinajstić information content (AvgIpc) is 2.88. The van der Waals surface area contributed by atoms with Gasteiger partial charge in [-0.3, -0.25) is 19.5 Å². The Morgan fingerprint density at radius 3 is 2.25 bits per heavy atom. The zero-order chi connectivity index (χ0) is 25.8. The number of sulfonamides is 1. The van der Waals surface area contributed by atoms with Crippen LogP contribution in [0.25, 0.3) is 0 Å². The van der Waals surface area contributed by atoms with E-state index in [4.69, 9.17) is 4.74 Å². The first-order chi connectivity index (χ1) is 17.4. The molecule has 202 valence electrons. The van der Waals surface area contributed by atoms with E-state index in [2.05, 4.69) is 20.5 Å². The Hall–Kier alpha value is -1.92. The molecule has 0 amide bonds. The minimum atomic E-state index is -3.19. The Labute approximate surface area is 215 Å². The monoisotopic (exact) mass is 523 g/mol. The largest absolute Gasteiger partial charge is 0.379 e. The zero-order valence-corrected chi connectivity index (χ0v) is 22.2. The van der Waals surface area contributed by atoms with Crippen LogP contribution in [0.3, 0.4) is 0 Å². The summed E-state index contributed by atoms with van der Waals surface area (Å²) < 4.78 is 31.2. The molecule has 2 heterocycles. The highest BCUT2D eigenvalue weighted by atomic mass is 32.2. The molecule has 1 aliphatic carbocycles. The molecule has 3 rings (SSSR count). The van der Waals surface area contributed by atoms with Crippen molar-refractivity contribution >= 4 is 27.3 Å². The summed E-state index contributed by atoms with van der Waals surface area (Å²) in [6, 6.07) is 2.55. The number of hydrogen-bond acceptors (Lipinski definition) is 9. The summed E-state index contributed by atoms with van der Waals surface area (Å²) in [5, 5.41) is 6.32. The predicted molar refractivity (Wildman–Crippen MR) is 139 cm³/mol. The molecule has 36 heavy (non-hydrogen) atoms. The van der Waals surface area contributed by atoms with Crippen LogP contribution >= 0.6 is 0 Å². The van der Waals surface area contributed by atoms with Gasteiger partial charge in [0.05, 0.1) is 19.5 Å². The van der Waals surface area contributed by atoms with E-state index in [-0.39, 0.29) is 11.6 Å². The Bertz CT molecular complexity index is 924. The van der Waals surface area contributed by atoms with Gasteiger partial charge in [0, 0.05) is 44.3 Å². The molecule has 1 saturated carbocycles. The molecular weight excluding hydrogens is 482 g/mol. The summed E-state index contributed by atoms with van der Waals surface area (Å²) in [5.41, 5.74) is 0.772. The summed E-state index contributed by atoms with van der Waals surface area (Å²) in [6.45, 7) is 6.10. The van der Waals surface area contributed by atoms with Gasteiger partial charge in [-0.25, -0.2) is 12.7 Å². The van der Waals surface area contributed by atoms with Crippen molar-refractivity contribution in [3.63, 3.8) is 0 Å². The summed E-state index contributed by atoms with van der Waals surface area (Å²) in [4.78, 5) is 30.2. The third-order valence-corrected chi connectivity index (χ3v) is 8.10. The molecule has 1 aliphatic heterocycles. The number of unbranched alkanes of at least 4 members (excludes halogenated alkanes) is 5. The van der Waals surface area contributed by atoms with Crippen LogP contribution < -0.4 is 10.6 Å². The number of ether oxygens (including phenoxy) is 1. The highest BCUT2D eigenvalue weighted by Gasteiger charge is 2.48. The Kier molecular flexibility index (Phi) is 11.7. The lowest BCUT2D eigenvalue weighted by Gasteiger charge is -2.34. The molecule has 2 atom stereocenters. The fourth-order valence-corrected chi connectivity index (χ4v) is 5.54. The summed E-state index contributed by atoms with van der Waals surface area (Å²) in [5.74, 6) is -0.740. The molecule has 2 unspecified atom stereocenters. The van der Waals surface area contributed by atoms with Crippen LogP contribution in [0, 0.1) is 0 Å². The first-order valence-electron chi connectivity index (χ1n) is 13.1. The van der Waals surface area contributed by atoms with Gasteiger partial charge >= 0.3 is 0 Å². The van der Waals surface area contributed by atoms with E-state index in [1.165, 1.54) is 6.26 Å². The number of carbonyl (C=O) groups excluding carboxylic acids is 2. The quantitative estimate of drug-likeness (QED) is 0.230. The first-order valence-corrected chi connectivity index (χ1v) is 14.9.